The van der Waals surface area contributed by atoms with Gasteiger partial charge in [0, 0.05) is 12.6 Å². The lowest BCUT2D eigenvalue weighted by molar-refractivity contribution is -0.140. The van der Waals surface area contributed by atoms with Gasteiger partial charge in [-0.25, -0.2) is 9.69 Å². The van der Waals surface area contributed by atoms with Crippen LogP contribution in [0.5, 0.6) is 0 Å². The molecule has 0 aliphatic carbocycles. The highest BCUT2D eigenvalue weighted by Gasteiger charge is 2.54. The zero-order chi connectivity index (χ0) is 28.0. The lowest BCUT2D eigenvalue weighted by Crippen LogP contribution is -2.53. The maximum Gasteiger partial charge on any atom is 0.328 e. The summed E-state index contributed by atoms with van der Waals surface area (Å²) < 4.78 is 0. The van der Waals surface area contributed by atoms with Crippen LogP contribution in [0, 0.1) is 5.92 Å². The Labute approximate surface area is 224 Å². The Bertz CT molecular complexity index is 1190. The molecule has 1 unspecified atom stereocenters. The normalized spacial score (nSPS) is 16.8. The Kier molecular flexibility index (Phi) is 9.09. The van der Waals surface area contributed by atoms with Gasteiger partial charge in [-0.2, -0.15) is 0 Å². The highest BCUT2D eigenvalue weighted by molar-refractivity contribution is 6.09. The van der Waals surface area contributed by atoms with Crippen LogP contribution in [0.4, 0.5) is 4.79 Å². The van der Waals surface area contributed by atoms with Crippen LogP contribution in [-0.2, 0) is 20.9 Å². The fraction of sp³-hybridized carbons (Fsp3) is 0.400. The molecule has 1 heterocycles. The smallest absolute Gasteiger partial charge is 0.328 e. The first kappa shape index (κ1) is 28.6. The number of urea groups is 1. The maximum absolute atomic E-state index is 13.6. The van der Waals surface area contributed by atoms with Crippen molar-refractivity contribution < 1.29 is 24.3 Å². The first-order valence-electron chi connectivity index (χ1n) is 12.9. The van der Waals surface area contributed by atoms with Gasteiger partial charge in [-0.15, -0.1) is 0 Å². The average molecular weight is 520 g/mol. The largest absolute Gasteiger partial charge is 0.481 e. The van der Waals surface area contributed by atoms with Crippen LogP contribution in [0.25, 0.3) is 12.2 Å². The molecule has 2 atom stereocenters. The van der Waals surface area contributed by atoms with Crippen LogP contribution in [0.2, 0.25) is 0 Å². The highest BCUT2D eigenvalue weighted by Crippen LogP contribution is 2.32. The number of hydrogen-bond acceptors (Lipinski definition) is 4. The van der Waals surface area contributed by atoms with Gasteiger partial charge in [0.2, 0.25) is 5.91 Å². The second kappa shape index (κ2) is 12.1. The van der Waals surface area contributed by atoms with Crippen molar-refractivity contribution >= 4 is 36.0 Å². The van der Waals surface area contributed by atoms with Gasteiger partial charge in [-0.1, -0.05) is 80.6 Å². The number of carboxylic acid groups (broad SMARTS) is 1. The molecular formula is C30H37N3O5. The molecule has 1 aliphatic heterocycles. The summed E-state index contributed by atoms with van der Waals surface area (Å²) in [6.45, 7) is 8.97. The Morgan fingerprint density at radius 2 is 1.53 bits per heavy atom. The molecule has 202 valence electrons. The molecule has 2 aromatic rings. The van der Waals surface area contributed by atoms with Gasteiger partial charge in [0.25, 0.3) is 5.91 Å². The molecule has 0 aromatic heterocycles. The van der Waals surface area contributed by atoms with E-state index in [1.54, 1.807) is 20.8 Å². The van der Waals surface area contributed by atoms with Crippen molar-refractivity contribution in [1.29, 1.82) is 0 Å². The van der Waals surface area contributed by atoms with Crippen LogP contribution >= 0.6 is 0 Å². The number of amides is 4. The Balaban J connectivity index is 1.78. The van der Waals surface area contributed by atoms with Crippen molar-refractivity contribution in [2.24, 2.45) is 5.92 Å². The predicted molar refractivity (Wildman–Crippen MR) is 147 cm³/mol. The van der Waals surface area contributed by atoms with E-state index in [0.717, 1.165) is 21.6 Å². The number of carboxylic acids is 1. The molecule has 1 saturated heterocycles. The summed E-state index contributed by atoms with van der Waals surface area (Å²) in [5, 5.41) is 11.7. The van der Waals surface area contributed by atoms with Crippen molar-refractivity contribution in [1.82, 2.24) is 15.1 Å². The summed E-state index contributed by atoms with van der Waals surface area (Å²) >= 11 is 0. The number of benzene rings is 2. The zero-order valence-corrected chi connectivity index (χ0v) is 22.7. The van der Waals surface area contributed by atoms with Gasteiger partial charge in [0.15, 0.2) is 0 Å². The van der Waals surface area contributed by atoms with Gasteiger partial charge in [-0.3, -0.25) is 14.4 Å². The quantitative estimate of drug-likeness (QED) is 0.328. The van der Waals surface area contributed by atoms with Crippen LogP contribution in [0.3, 0.4) is 0 Å². The van der Waals surface area contributed by atoms with E-state index in [2.05, 4.69) is 5.32 Å². The molecular weight excluding hydrogens is 482 g/mol. The third-order valence-electron chi connectivity index (χ3n) is 6.62. The molecule has 0 spiro atoms. The molecule has 38 heavy (non-hydrogen) atoms. The minimum absolute atomic E-state index is 0.0229. The summed E-state index contributed by atoms with van der Waals surface area (Å²) in [6.07, 6.45) is 4.05. The van der Waals surface area contributed by atoms with Crippen molar-refractivity contribution in [2.75, 3.05) is 0 Å². The monoisotopic (exact) mass is 519 g/mol. The second-order valence-electron chi connectivity index (χ2n) is 10.7. The van der Waals surface area contributed by atoms with E-state index in [9.17, 15) is 19.2 Å². The molecule has 1 aliphatic rings. The Hall–Kier alpha value is -3.94. The van der Waals surface area contributed by atoms with E-state index in [-0.39, 0.29) is 25.3 Å². The number of hydrogen-bond donors (Lipinski definition) is 2. The lowest BCUT2D eigenvalue weighted by atomic mass is 9.99. The molecule has 4 amide bonds. The van der Waals surface area contributed by atoms with E-state index in [1.807, 2.05) is 80.6 Å². The molecule has 3 rings (SSSR count). The first-order chi connectivity index (χ1) is 17.9. The molecule has 1 fully saturated rings. The van der Waals surface area contributed by atoms with E-state index in [0.29, 0.717) is 0 Å². The second-order valence-corrected chi connectivity index (χ2v) is 10.7. The van der Waals surface area contributed by atoms with Crippen molar-refractivity contribution in [2.45, 2.75) is 71.6 Å². The summed E-state index contributed by atoms with van der Waals surface area (Å²) in [7, 11) is 0. The SMILES string of the molecule is CC(C)CC(C(=O)N[C@H](C)CC(=O)O)N1C(=O)N(Cc2ccc(/C=C/c3ccccc3)cc2)C(C)(C)C1=O. The fourth-order valence-corrected chi connectivity index (χ4v) is 4.51. The van der Waals surface area contributed by atoms with E-state index < -0.39 is 41.4 Å². The van der Waals surface area contributed by atoms with E-state index >= 15 is 0 Å². The van der Waals surface area contributed by atoms with Crippen molar-refractivity contribution in [3.05, 3.63) is 71.3 Å². The molecule has 0 radical (unpaired) electrons. The standard InChI is InChI=1S/C30H37N3O5/c1-20(2)17-25(27(36)31-21(3)18-26(34)35)33-28(37)30(4,5)32(29(33)38)19-24-15-13-23(14-16-24)12-11-22-9-7-6-8-10-22/h6-16,20-21,25H,17-19H2,1-5H3,(H,31,36)(H,34,35)/b12-11+/t21-,25?/m1/s1. The average Bonchev–Trinajstić information content (AvgIpc) is 3.01. The summed E-state index contributed by atoms with van der Waals surface area (Å²) in [5.74, 6) is -1.99. The first-order valence-corrected chi connectivity index (χ1v) is 12.9. The minimum atomic E-state index is -1.15. The highest BCUT2D eigenvalue weighted by atomic mass is 16.4. The molecule has 2 aromatic carbocycles. The van der Waals surface area contributed by atoms with Crippen LogP contribution in [-0.4, -0.2) is 56.3 Å². The van der Waals surface area contributed by atoms with Crippen LogP contribution < -0.4 is 5.32 Å². The van der Waals surface area contributed by atoms with Gasteiger partial charge < -0.3 is 15.3 Å². The molecule has 2 N–H and O–H groups in total. The maximum atomic E-state index is 13.6. The number of nitrogens with one attached hydrogen (secondary N) is 1. The molecule has 8 heteroatoms. The number of imide groups is 1. The molecule has 0 bridgehead atoms. The summed E-state index contributed by atoms with van der Waals surface area (Å²) in [5.41, 5.74) is 1.81. The zero-order valence-electron chi connectivity index (χ0n) is 22.7. The van der Waals surface area contributed by atoms with Crippen LogP contribution in [0.15, 0.2) is 54.6 Å². The summed E-state index contributed by atoms with van der Waals surface area (Å²) in [6, 6.07) is 15.5. The Morgan fingerprint density at radius 3 is 2.08 bits per heavy atom. The van der Waals surface area contributed by atoms with Crippen molar-refractivity contribution in [3.63, 3.8) is 0 Å². The molecule has 0 saturated carbocycles. The number of nitrogens with zero attached hydrogens (tertiary/aromatic N) is 2. The van der Waals surface area contributed by atoms with Gasteiger partial charge in [0.1, 0.15) is 11.6 Å². The van der Waals surface area contributed by atoms with E-state index in [4.69, 9.17) is 5.11 Å². The van der Waals surface area contributed by atoms with E-state index in [1.165, 1.54) is 4.90 Å². The fourth-order valence-electron chi connectivity index (χ4n) is 4.51. The number of carbonyl (C=O) groups excluding carboxylic acids is 3. The lowest BCUT2D eigenvalue weighted by Gasteiger charge is -2.28. The van der Waals surface area contributed by atoms with Gasteiger partial charge in [0.05, 0.1) is 6.42 Å². The van der Waals surface area contributed by atoms with Gasteiger partial charge >= 0.3 is 12.0 Å². The third kappa shape index (κ3) is 6.88. The Morgan fingerprint density at radius 1 is 0.947 bits per heavy atom. The van der Waals surface area contributed by atoms with Crippen LogP contribution in [0.1, 0.15) is 64.2 Å². The number of rotatable bonds is 11. The van der Waals surface area contributed by atoms with Crippen molar-refractivity contribution in [3.8, 4) is 0 Å². The predicted octanol–water partition coefficient (Wildman–Crippen LogP) is 4.79. The topological polar surface area (TPSA) is 107 Å². The van der Waals surface area contributed by atoms with Gasteiger partial charge in [-0.05, 0) is 49.8 Å². The molecule has 8 nitrogen and oxygen atoms in total. The number of aliphatic carboxylic acids is 1. The summed E-state index contributed by atoms with van der Waals surface area (Å²) in [4.78, 5) is 53.8. The third-order valence-corrected chi connectivity index (χ3v) is 6.62. The minimum Gasteiger partial charge on any atom is -0.481 e. The number of carbonyl (C=O) groups is 4.